The molecule has 0 fully saturated rings. The topological polar surface area (TPSA) is 69.7 Å². The van der Waals surface area contributed by atoms with Crippen LogP contribution in [0.4, 0.5) is 0 Å². The molecular formula is C17H12Cl2O5. The van der Waals surface area contributed by atoms with Gasteiger partial charge in [0.1, 0.15) is 11.5 Å². The molecule has 0 bridgehead atoms. The van der Waals surface area contributed by atoms with Gasteiger partial charge in [-0.3, -0.25) is 14.4 Å². The summed E-state index contributed by atoms with van der Waals surface area (Å²) >= 11 is 11.9. The summed E-state index contributed by atoms with van der Waals surface area (Å²) in [7, 11) is 0. The Morgan fingerprint density at radius 3 is 1.46 bits per heavy atom. The van der Waals surface area contributed by atoms with Gasteiger partial charge in [0, 0.05) is 23.9 Å². The molecule has 0 aromatic heterocycles. The van der Waals surface area contributed by atoms with E-state index in [0.717, 1.165) is 0 Å². The van der Waals surface area contributed by atoms with Crippen LogP contribution in [-0.2, 0) is 9.59 Å². The van der Waals surface area contributed by atoms with Crippen LogP contribution >= 0.6 is 23.2 Å². The Morgan fingerprint density at radius 2 is 1.12 bits per heavy atom. The van der Waals surface area contributed by atoms with Gasteiger partial charge in [-0.2, -0.15) is 0 Å². The molecule has 0 unspecified atom stereocenters. The Morgan fingerprint density at radius 1 is 0.750 bits per heavy atom. The van der Waals surface area contributed by atoms with Crippen LogP contribution in [0, 0.1) is 0 Å². The van der Waals surface area contributed by atoms with E-state index in [1.165, 1.54) is 50.2 Å². The third-order valence-electron chi connectivity index (χ3n) is 2.88. The number of hydrogen-bond donors (Lipinski definition) is 0. The quantitative estimate of drug-likeness (QED) is 0.463. The SMILES string of the molecule is CC(=O)Oc1ccc(Cl)cc1C(=O)c1cc(Cl)ccc1OC(C)=O. The summed E-state index contributed by atoms with van der Waals surface area (Å²) in [5.74, 6) is -1.63. The summed E-state index contributed by atoms with van der Waals surface area (Å²) in [6.07, 6.45) is 0. The smallest absolute Gasteiger partial charge is 0.308 e. The first-order valence-corrected chi connectivity index (χ1v) is 7.54. The molecule has 124 valence electrons. The van der Waals surface area contributed by atoms with E-state index in [0.29, 0.717) is 0 Å². The maximum absolute atomic E-state index is 12.9. The third kappa shape index (κ3) is 4.34. The molecule has 2 aromatic carbocycles. The molecule has 0 saturated heterocycles. The van der Waals surface area contributed by atoms with Crippen molar-refractivity contribution in [1.29, 1.82) is 0 Å². The Balaban J connectivity index is 2.56. The van der Waals surface area contributed by atoms with Crippen molar-refractivity contribution in [1.82, 2.24) is 0 Å². The minimum Gasteiger partial charge on any atom is -0.426 e. The monoisotopic (exact) mass is 366 g/mol. The Bertz CT molecular complexity index is 762. The maximum Gasteiger partial charge on any atom is 0.308 e. The van der Waals surface area contributed by atoms with Crippen LogP contribution in [0.1, 0.15) is 29.8 Å². The van der Waals surface area contributed by atoms with Crippen molar-refractivity contribution in [3.63, 3.8) is 0 Å². The van der Waals surface area contributed by atoms with Crippen LogP contribution < -0.4 is 9.47 Å². The molecule has 0 saturated carbocycles. The van der Waals surface area contributed by atoms with Crippen LogP contribution in [0.5, 0.6) is 11.5 Å². The highest BCUT2D eigenvalue weighted by Crippen LogP contribution is 2.31. The first kappa shape index (κ1) is 18.0. The van der Waals surface area contributed by atoms with Gasteiger partial charge < -0.3 is 9.47 Å². The zero-order chi connectivity index (χ0) is 17.9. The fraction of sp³-hybridized carbons (Fsp3) is 0.118. The van der Waals surface area contributed by atoms with E-state index in [1.807, 2.05) is 0 Å². The molecule has 0 heterocycles. The van der Waals surface area contributed by atoms with Crippen LogP contribution in [0.2, 0.25) is 10.0 Å². The summed E-state index contributed by atoms with van der Waals surface area (Å²) in [5, 5.41) is 0.565. The van der Waals surface area contributed by atoms with E-state index in [2.05, 4.69) is 0 Å². The Hall–Kier alpha value is -2.37. The first-order chi connectivity index (χ1) is 11.3. The fourth-order valence-corrected chi connectivity index (χ4v) is 2.34. The van der Waals surface area contributed by atoms with E-state index >= 15 is 0 Å². The second-order valence-electron chi connectivity index (χ2n) is 4.80. The van der Waals surface area contributed by atoms with Crippen LogP contribution in [0.25, 0.3) is 0 Å². The molecular weight excluding hydrogens is 355 g/mol. The van der Waals surface area contributed by atoms with E-state index in [4.69, 9.17) is 32.7 Å². The second kappa shape index (κ2) is 7.47. The lowest BCUT2D eigenvalue weighted by atomic mass is 10.0. The summed E-state index contributed by atoms with van der Waals surface area (Å²) in [6, 6.07) is 8.52. The highest BCUT2D eigenvalue weighted by atomic mass is 35.5. The highest BCUT2D eigenvalue weighted by molar-refractivity contribution is 6.32. The lowest BCUT2D eigenvalue weighted by Crippen LogP contribution is -2.11. The number of benzene rings is 2. The molecule has 0 spiro atoms. The van der Waals surface area contributed by atoms with Crippen molar-refractivity contribution in [2.75, 3.05) is 0 Å². The Kier molecular flexibility index (Phi) is 5.59. The van der Waals surface area contributed by atoms with Crippen LogP contribution in [-0.4, -0.2) is 17.7 Å². The molecule has 0 atom stereocenters. The molecule has 0 aliphatic rings. The van der Waals surface area contributed by atoms with Gasteiger partial charge in [-0.1, -0.05) is 23.2 Å². The molecule has 0 aliphatic carbocycles. The van der Waals surface area contributed by atoms with E-state index in [-0.39, 0.29) is 32.7 Å². The van der Waals surface area contributed by atoms with Gasteiger partial charge in [0.25, 0.3) is 0 Å². The average Bonchev–Trinajstić information content (AvgIpc) is 2.49. The summed E-state index contributed by atoms with van der Waals surface area (Å²) in [5.41, 5.74) is 0.0988. The summed E-state index contributed by atoms with van der Waals surface area (Å²) < 4.78 is 10.1. The largest absolute Gasteiger partial charge is 0.426 e. The molecule has 0 aliphatic heterocycles. The van der Waals surface area contributed by atoms with Crippen LogP contribution in [0.15, 0.2) is 36.4 Å². The molecule has 2 rings (SSSR count). The predicted octanol–water partition coefficient (Wildman–Crippen LogP) is 4.08. The van der Waals surface area contributed by atoms with E-state index in [9.17, 15) is 14.4 Å². The minimum atomic E-state index is -0.585. The molecule has 5 nitrogen and oxygen atoms in total. The van der Waals surface area contributed by atoms with Crippen molar-refractivity contribution < 1.29 is 23.9 Å². The van der Waals surface area contributed by atoms with Gasteiger partial charge in [0.2, 0.25) is 5.78 Å². The number of rotatable bonds is 4. The van der Waals surface area contributed by atoms with Gasteiger partial charge in [-0.25, -0.2) is 0 Å². The number of esters is 2. The summed E-state index contributed by atoms with van der Waals surface area (Å²) in [6.45, 7) is 2.43. The van der Waals surface area contributed by atoms with Gasteiger partial charge >= 0.3 is 11.9 Å². The van der Waals surface area contributed by atoms with Crippen LogP contribution in [0.3, 0.4) is 0 Å². The second-order valence-corrected chi connectivity index (χ2v) is 5.67. The number of carbonyl (C=O) groups is 3. The van der Waals surface area contributed by atoms with Gasteiger partial charge in [0.15, 0.2) is 0 Å². The molecule has 0 amide bonds. The predicted molar refractivity (Wildman–Crippen MR) is 89.0 cm³/mol. The number of halogens is 2. The highest BCUT2D eigenvalue weighted by Gasteiger charge is 2.21. The van der Waals surface area contributed by atoms with Crippen molar-refractivity contribution in [2.24, 2.45) is 0 Å². The van der Waals surface area contributed by atoms with Crippen molar-refractivity contribution >= 4 is 40.9 Å². The molecule has 0 N–H and O–H groups in total. The molecule has 24 heavy (non-hydrogen) atoms. The number of ether oxygens (including phenoxy) is 2. The van der Waals surface area contributed by atoms with Gasteiger partial charge in [-0.15, -0.1) is 0 Å². The lowest BCUT2D eigenvalue weighted by molar-refractivity contribution is -0.132. The summed E-state index contributed by atoms with van der Waals surface area (Å²) in [4.78, 5) is 35.3. The fourth-order valence-electron chi connectivity index (χ4n) is 1.99. The number of ketones is 1. The van der Waals surface area contributed by atoms with Gasteiger partial charge in [0.05, 0.1) is 11.1 Å². The average molecular weight is 367 g/mol. The molecule has 0 radical (unpaired) electrons. The maximum atomic E-state index is 12.9. The molecule has 2 aromatic rings. The van der Waals surface area contributed by atoms with Crippen molar-refractivity contribution in [3.05, 3.63) is 57.6 Å². The molecule has 7 heteroatoms. The Labute approximate surface area is 148 Å². The first-order valence-electron chi connectivity index (χ1n) is 6.78. The normalized spacial score (nSPS) is 10.2. The zero-order valence-corrected chi connectivity index (χ0v) is 14.3. The van der Waals surface area contributed by atoms with Crippen molar-refractivity contribution in [3.8, 4) is 11.5 Å². The zero-order valence-electron chi connectivity index (χ0n) is 12.8. The third-order valence-corrected chi connectivity index (χ3v) is 3.35. The standard InChI is InChI=1S/C17H12Cl2O5/c1-9(20)23-15-5-3-11(18)7-13(15)17(22)14-8-12(19)4-6-16(14)24-10(2)21/h3-8H,1-2H3. The lowest BCUT2D eigenvalue weighted by Gasteiger charge is -2.12. The minimum absolute atomic E-state index is 0.0469. The number of hydrogen-bond acceptors (Lipinski definition) is 5. The van der Waals surface area contributed by atoms with E-state index < -0.39 is 17.7 Å². The van der Waals surface area contributed by atoms with Crippen molar-refractivity contribution in [2.45, 2.75) is 13.8 Å². The van der Waals surface area contributed by atoms with Gasteiger partial charge in [-0.05, 0) is 36.4 Å². The number of carbonyl (C=O) groups excluding carboxylic acids is 3. The van der Waals surface area contributed by atoms with E-state index in [1.54, 1.807) is 0 Å².